The maximum absolute atomic E-state index is 12.3. The molecular formula is C15H23N3O4S. The predicted molar refractivity (Wildman–Crippen MR) is 86.3 cm³/mol. The largest absolute Gasteiger partial charge is 0.372 e. The summed E-state index contributed by atoms with van der Waals surface area (Å²) in [7, 11) is -3.71. The molecule has 7 nitrogen and oxygen atoms in total. The molecule has 1 aliphatic heterocycles. The van der Waals surface area contributed by atoms with E-state index in [1.807, 2.05) is 20.8 Å². The SMILES string of the molecule is C[C@@H]1CN(C(=O)N[C@@H](C)c2ccc(S(N)(=O)=O)cc2)C[C@H](C)O1. The van der Waals surface area contributed by atoms with Crippen molar-refractivity contribution in [2.75, 3.05) is 13.1 Å². The van der Waals surface area contributed by atoms with Crippen LogP contribution >= 0.6 is 0 Å². The Morgan fingerprint density at radius 1 is 1.26 bits per heavy atom. The first-order valence-electron chi connectivity index (χ1n) is 7.50. The zero-order valence-electron chi connectivity index (χ0n) is 13.5. The number of rotatable bonds is 3. The number of nitrogens with one attached hydrogen (secondary N) is 1. The van der Waals surface area contributed by atoms with Gasteiger partial charge in [0.1, 0.15) is 0 Å². The molecule has 0 spiro atoms. The lowest BCUT2D eigenvalue weighted by molar-refractivity contribution is -0.0547. The quantitative estimate of drug-likeness (QED) is 0.863. The monoisotopic (exact) mass is 341 g/mol. The molecule has 0 bridgehead atoms. The van der Waals surface area contributed by atoms with Gasteiger partial charge in [0.15, 0.2) is 0 Å². The van der Waals surface area contributed by atoms with Gasteiger partial charge in [-0.2, -0.15) is 0 Å². The summed E-state index contributed by atoms with van der Waals surface area (Å²) in [5.74, 6) is 0. The standard InChI is InChI=1S/C15H23N3O4S/c1-10-8-18(9-11(2)22-10)15(19)17-12(3)13-4-6-14(7-5-13)23(16,20)21/h4-7,10-12H,8-9H2,1-3H3,(H,17,19)(H2,16,20,21)/t10-,11+,12-/m0/s1. The Balaban J connectivity index is 2.01. The van der Waals surface area contributed by atoms with Crippen LogP contribution in [0.3, 0.4) is 0 Å². The highest BCUT2D eigenvalue weighted by Gasteiger charge is 2.26. The van der Waals surface area contributed by atoms with Crippen LogP contribution in [-0.4, -0.2) is 44.6 Å². The lowest BCUT2D eigenvalue weighted by Gasteiger charge is -2.35. The highest BCUT2D eigenvalue weighted by molar-refractivity contribution is 7.89. The Kier molecular flexibility index (Phi) is 5.28. The smallest absolute Gasteiger partial charge is 0.318 e. The van der Waals surface area contributed by atoms with Crippen molar-refractivity contribution in [1.82, 2.24) is 10.2 Å². The molecule has 8 heteroatoms. The molecule has 0 aliphatic carbocycles. The Morgan fingerprint density at radius 2 is 1.78 bits per heavy atom. The van der Waals surface area contributed by atoms with Crippen molar-refractivity contribution in [2.45, 2.75) is 43.9 Å². The van der Waals surface area contributed by atoms with E-state index in [-0.39, 0.29) is 29.2 Å². The average molecular weight is 341 g/mol. The van der Waals surface area contributed by atoms with E-state index in [2.05, 4.69) is 5.32 Å². The lowest BCUT2D eigenvalue weighted by Crippen LogP contribution is -2.52. The number of nitrogens with two attached hydrogens (primary N) is 1. The molecule has 1 heterocycles. The van der Waals surface area contributed by atoms with Crippen molar-refractivity contribution >= 4 is 16.1 Å². The van der Waals surface area contributed by atoms with Crippen LogP contribution in [0.25, 0.3) is 0 Å². The molecule has 1 aromatic rings. The van der Waals surface area contributed by atoms with E-state index in [4.69, 9.17) is 9.88 Å². The summed E-state index contributed by atoms with van der Waals surface area (Å²) >= 11 is 0. The number of primary sulfonamides is 1. The molecule has 0 unspecified atom stereocenters. The number of carbonyl (C=O) groups excluding carboxylic acids is 1. The second-order valence-corrected chi connectivity index (χ2v) is 7.51. The number of ether oxygens (including phenoxy) is 1. The second kappa shape index (κ2) is 6.86. The zero-order chi connectivity index (χ0) is 17.2. The normalized spacial score (nSPS) is 23.4. The second-order valence-electron chi connectivity index (χ2n) is 5.95. The van der Waals surface area contributed by atoms with Crippen LogP contribution in [0.4, 0.5) is 4.79 Å². The minimum atomic E-state index is -3.71. The van der Waals surface area contributed by atoms with Crippen LogP contribution in [0.5, 0.6) is 0 Å². The van der Waals surface area contributed by atoms with Crippen molar-refractivity contribution in [1.29, 1.82) is 0 Å². The van der Waals surface area contributed by atoms with Crippen molar-refractivity contribution in [3.63, 3.8) is 0 Å². The van der Waals surface area contributed by atoms with Gasteiger partial charge < -0.3 is 15.0 Å². The molecule has 2 rings (SSSR count). The lowest BCUT2D eigenvalue weighted by atomic mass is 10.1. The first kappa shape index (κ1) is 17.7. The third kappa shape index (κ3) is 4.66. The summed E-state index contributed by atoms with van der Waals surface area (Å²) in [6.45, 7) is 6.81. The third-order valence-corrected chi connectivity index (χ3v) is 4.68. The van der Waals surface area contributed by atoms with Gasteiger partial charge in [0, 0.05) is 13.1 Å². The molecule has 128 valence electrons. The number of sulfonamides is 1. The van der Waals surface area contributed by atoms with Crippen LogP contribution in [0.1, 0.15) is 32.4 Å². The molecular weight excluding hydrogens is 318 g/mol. The zero-order valence-corrected chi connectivity index (χ0v) is 14.3. The Hall–Kier alpha value is -1.64. The van der Waals surface area contributed by atoms with Gasteiger partial charge in [-0.1, -0.05) is 12.1 Å². The van der Waals surface area contributed by atoms with Crippen LogP contribution in [-0.2, 0) is 14.8 Å². The molecule has 0 saturated carbocycles. The minimum absolute atomic E-state index is 0.00819. The van der Waals surface area contributed by atoms with Gasteiger partial charge in [-0.25, -0.2) is 18.4 Å². The molecule has 0 radical (unpaired) electrons. The number of hydrogen-bond acceptors (Lipinski definition) is 4. The molecule has 3 atom stereocenters. The average Bonchev–Trinajstić information content (AvgIpc) is 2.45. The summed E-state index contributed by atoms with van der Waals surface area (Å²) in [6, 6.07) is 5.77. The molecule has 3 N–H and O–H groups in total. The van der Waals surface area contributed by atoms with E-state index < -0.39 is 10.0 Å². The van der Waals surface area contributed by atoms with E-state index >= 15 is 0 Å². The van der Waals surface area contributed by atoms with Crippen LogP contribution in [0, 0.1) is 0 Å². The van der Waals surface area contributed by atoms with Crippen LogP contribution in [0.15, 0.2) is 29.2 Å². The van der Waals surface area contributed by atoms with E-state index in [0.29, 0.717) is 13.1 Å². The van der Waals surface area contributed by atoms with E-state index in [1.54, 1.807) is 17.0 Å². The number of carbonyl (C=O) groups is 1. The van der Waals surface area contributed by atoms with Gasteiger partial charge in [-0.3, -0.25) is 0 Å². The van der Waals surface area contributed by atoms with E-state index in [9.17, 15) is 13.2 Å². The topological polar surface area (TPSA) is 102 Å². The molecule has 1 aliphatic rings. The fourth-order valence-electron chi connectivity index (χ4n) is 2.65. The van der Waals surface area contributed by atoms with Crippen molar-refractivity contribution in [2.24, 2.45) is 5.14 Å². The number of hydrogen-bond donors (Lipinski definition) is 2. The highest BCUT2D eigenvalue weighted by Crippen LogP contribution is 2.17. The van der Waals surface area contributed by atoms with Gasteiger partial charge in [0.2, 0.25) is 10.0 Å². The fraction of sp³-hybridized carbons (Fsp3) is 0.533. The first-order valence-corrected chi connectivity index (χ1v) is 9.05. The third-order valence-electron chi connectivity index (χ3n) is 3.76. The number of morpholine rings is 1. The number of urea groups is 1. The maximum atomic E-state index is 12.3. The number of benzene rings is 1. The molecule has 1 fully saturated rings. The van der Waals surface area contributed by atoms with Crippen molar-refractivity contribution in [3.8, 4) is 0 Å². The van der Waals surface area contributed by atoms with Gasteiger partial charge in [-0.05, 0) is 38.5 Å². The maximum Gasteiger partial charge on any atom is 0.318 e. The van der Waals surface area contributed by atoms with E-state index in [1.165, 1.54) is 12.1 Å². The van der Waals surface area contributed by atoms with Gasteiger partial charge in [0.05, 0.1) is 23.1 Å². The number of nitrogens with zero attached hydrogens (tertiary/aromatic N) is 1. The summed E-state index contributed by atoms with van der Waals surface area (Å²) in [6.07, 6.45) is 0.0164. The fourth-order valence-corrected chi connectivity index (χ4v) is 3.17. The molecule has 1 aromatic carbocycles. The van der Waals surface area contributed by atoms with Gasteiger partial charge >= 0.3 is 6.03 Å². The molecule has 23 heavy (non-hydrogen) atoms. The summed E-state index contributed by atoms with van der Waals surface area (Å²) in [5.41, 5.74) is 0.806. The Bertz CT molecular complexity index is 650. The first-order chi connectivity index (χ1) is 10.7. The molecule has 1 saturated heterocycles. The van der Waals surface area contributed by atoms with Gasteiger partial charge in [0.25, 0.3) is 0 Å². The molecule has 0 aromatic heterocycles. The Labute approximate surface area is 136 Å². The summed E-state index contributed by atoms with van der Waals surface area (Å²) in [4.78, 5) is 14.1. The number of amides is 2. The van der Waals surface area contributed by atoms with Crippen LogP contribution in [0.2, 0.25) is 0 Å². The summed E-state index contributed by atoms with van der Waals surface area (Å²) in [5, 5.41) is 7.99. The Morgan fingerprint density at radius 3 is 2.26 bits per heavy atom. The predicted octanol–water partition coefficient (Wildman–Crippen LogP) is 1.21. The van der Waals surface area contributed by atoms with Crippen molar-refractivity contribution < 1.29 is 17.9 Å². The van der Waals surface area contributed by atoms with Crippen LogP contribution < -0.4 is 10.5 Å². The molecule has 2 amide bonds. The minimum Gasteiger partial charge on any atom is -0.372 e. The highest BCUT2D eigenvalue weighted by atomic mass is 32.2. The van der Waals surface area contributed by atoms with Gasteiger partial charge in [-0.15, -0.1) is 0 Å². The van der Waals surface area contributed by atoms with E-state index in [0.717, 1.165) is 5.56 Å². The summed E-state index contributed by atoms with van der Waals surface area (Å²) < 4.78 is 28.1. The van der Waals surface area contributed by atoms with Crippen molar-refractivity contribution in [3.05, 3.63) is 29.8 Å².